The summed E-state index contributed by atoms with van der Waals surface area (Å²) < 4.78 is 18.4. The highest BCUT2D eigenvalue weighted by Gasteiger charge is 2.14. The number of benzene rings is 1. The van der Waals surface area contributed by atoms with Gasteiger partial charge in [0.2, 0.25) is 0 Å². The van der Waals surface area contributed by atoms with Gasteiger partial charge in [0, 0.05) is 0 Å². The van der Waals surface area contributed by atoms with Crippen molar-refractivity contribution in [2.75, 3.05) is 0 Å². The largest absolute Gasteiger partial charge is 0.459 e. The standard InChI is InChI=1S/C22H35FO2/c1-3-5-6-7-8-9-10-11-12-13-14-21(4-2)25-22(24)19-15-17-20(23)18-16-19/h15-18,21H,3-14H2,1-2H3. The Balaban J connectivity index is 2.09. The van der Waals surface area contributed by atoms with Gasteiger partial charge >= 0.3 is 5.97 Å². The van der Waals surface area contributed by atoms with Gasteiger partial charge in [0.1, 0.15) is 11.9 Å². The SMILES string of the molecule is CCCCCCCCCCCCC(CC)OC(=O)c1ccc(F)cc1. The Morgan fingerprint density at radius 1 is 0.880 bits per heavy atom. The lowest BCUT2D eigenvalue weighted by Crippen LogP contribution is -2.17. The van der Waals surface area contributed by atoms with E-state index in [4.69, 9.17) is 4.74 Å². The van der Waals surface area contributed by atoms with Gasteiger partial charge in [-0.25, -0.2) is 9.18 Å². The van der Waals surface area contributed by atoms with Gasteiger partial charge in [0.25, 0.3) is 0 Å². The Hall–Kier alpha value is -1.38. The molecule has 0 aromatic heterocycles. The fourth-order valence-corrected chi connectivity index (χ4v) is 3.01. The van der Waals surface area contributed by atoms with Gasteiger partial charge in [-0.15, -0.1) is 0 Å². The predicted octanol–water partition coefficient (Wildman–Crippen LogP) is 7.07. The molecule has 0 saturated carbocycles. The van der Waals surface area contributed by atoms with Crippen LogP contribution in [0.3, 0.4) is 0 Å². The zero-order valence-corrected chi connectivity index (χ0v) is 16.1. The van der Waals surface area contributed by atoms with E-state index >= 15 is 0 Å². The highest BCUT2D eigenvalue weighted by molar-refractivity contribution is 5.89. The van der Waals surface area contributed by atoms with E-state index in [1.807, 2.05) is 6.92 Å². The predicted molar refractivity (Wildman–Crippen MR) is 102 cm³/mol. The van der Waals surface area contributed by atoms with Gasteiger partial charge in [-0.1, -0.05) is 71.6 Å². The number of rotatable bonds is 14. The second-order valence-corrected chi connectivity index (χ2v) is 6.91. The number of carbonyl (C=O) groups excluding carboxylic acids is 1. The number of unbranched alkanes of at least 4 members (excludes halogenated alkanes) is 9. The van der Waals surface area contributed by atoms with E-state index < -0.39 is 0 Å². The third-order valence-corrected chi connectivity index (χ3v) is 4.69. The molecule has 1 rings (SSSR count). The molecule has 0 aliphatic heterocycles. The maximum absolute atomic E-state index is 12.9. The van der Waals surface area contributed by atoms with Crippen molar-refractivity contribution < 1.29 is 13.9 Å². The first-order chi connectivity index (χ1) is 12.2. The number of hydrogen-bond acceptors (Lipinski definition) is 2. The quantitative estimate of drug-likeness (QED) is 0.265. The Kier molecular flexibility index (Phi) is 12.0. The van der Waals surface area contributed by atoms with Crippen LogP contribution in [0.5, 0.6) is 0 Å². The van der Waals surface area contributed by atoms with Crippen LogP contribution in [0.25, 0.3) is 0 Å². The van der Waals surface area contributed by atoms with Crippen LogP contribution in [0.4, 0.5) is 4.39 Å². The second kappa shape index (κ2) is 13.9. The van der Waals surface area contributed by atoms with Crippen molar-refractivity contribution in [3.05, 3.63) is 35.6 Å². The number of carbonyl (C=O) groups is 1. The molecule has 2 nitrogen and oxygen atoms in total. The van der Waals surface area contributed by atoms with E-state index in [2.05, 4.69) is 6.92 Å². The molecular formula is C22H35FO2. The van der Waals surface area contributed by atoms with Gasteiger partial charge in [-0.2, -0.15) is 0 Å². The summed E-state index contributed by atoms with van der Waals surface area (Å²) in [4.78, 5) is 12.1. The molecule has 0 aliphatic rings. The number of hydrogen-bond donors (Lipinski definition) is 0. The van der Waals surface area contributed by atoms with E-state index in [0.717, 1.165) is 19.3 Å². The Bertz CT molecular complexity index is 456. The van der Waals surface area contributed by atoms with Crippen molar-refractivity contribution in [3.8, 4) is 0 Å². The molecule has 0 fully saturated rings. The molecule has 1 aromatic rings. The normalized spacial score (nSPS) is 12.1. The number of halogens is 1. The van der Waals surface area contributed by atoms with Crippen molar-refractivity contribution in [3.63, 3.8) is 0 Å². The highest BCUT2D eigenvalue weighted by atomic mass is 19.1. The first kappa shape index (κ1) is 21.7. The van der Waals surface area contributed by atoms with E-state index in [1.54, 1.807) is 0 Å². The van der Waals surface area contributed by atoms with Crippen molar-refractivity contribution in [1.29, 1.82) is 0 Å². The summed E-state index contributed by atoms with van der Waals surface area (Å²) in [6.45, 7) is 4.29. The maximum atomic E-state index is 12.9. The Morgan fingerprint density at radius 2 is 1.40 bits per heavy atom. The maximum Gasteiger partial charge on any atom is 0.338 e. The van der Waals surface area contributed by atoms with E-state index in [-0.39, 0.29) is 17.9 Å². The van der Waals surface area contributed by atoms with Crippen LogP contribution in [0.15, 0.2) is 24.3 Å². The van der Waals surface area contributed by atoms with Gasteiger partial charge in [-0.05, 0) is 43.5 Å². The summed E-state index contributed by atoms with van der Waals surface area (Å²) in [7, 11) is 0. The summed E-state index contributed by atoms with van der Waals surface area (Å²) >= 11 is 0. The highest BCUT2D eigenvalue weighted by Crippen LogP contribution is 2.15. The minimum absolute atomic E-state index is 0.0356. The topological polar surface area (TPSA) is 26.3 Å². The van der Waals surface area contributed by atoms with Crippen LogP contribution in [0, 0.1) is 5.82 Å². The minimum atomic E-state index is -0.348. The van der Waals surface area contributed by atoms with Crippen molar-refractivity contribution >= 4 is 5.97 Å². The molecule has 0 radical (unpaired) electrons. The Labute approximate surface area is 153 Å². The first-order valence-corrected chi connectivity index (χ1v) is 10.1. The van der Waals surface area contributed by atoms with Crippen LogP contribution in [-0.4, -0.2) is 12.1 Å². The van der Waals surface area contributed by atoms with Gasteiger partial charge < -0.3 is 4.74 Å². The third-order valence-electron chi connectivity index (χ3n) is 4.69. The van der Waals surface area contributed by atoms with E-state index in [1.165, 1.54) is 82.1 Å². The molecule has 25 heavy (non-hydrogen) atoms. The second-order valence-electron chi connectivity index (χ2n) is 6.91. The third kappa shape index (κ3) is 10.3. The molecule has 0 bridgehead atoms. The molecule has 0 saturated heterocycles. The minimum Gasteiger partial charge on any atom is -0.459 e. The molecular weight excluding hydrogens is 315 g/mol. The molecule has 142 valence electrons. The average molecular weight is 351 g/mol. The summed E-state index contributed by atoms with van der Waals surface area (Å²) in [5.41, 5.74) is 0.419. The van der Waals surface area contributed by atoms with E-state index in [0.29, 0.717) is 5.56 Å². The van der Waals surface area contributed by atoms with Crippen LogP contribution < -0.4 is 0 Å². The Morgan fingerprint density at radius 3 is 1.92 bits per heavy atom. The van der Waals surface area contributed by atoms with Crippen molar-refractivity contribution in [2.24, 2.45) is 0 Å². The fourth-order valence-electron chi connectivity index (χ4n) is 3.01. The molecule has 1 aromatic carbocycles. The first-order valence-electron chi connectivity index (χ1n) is 10.1. The molecule has 1 atom stereocenters. The lowest BCUT2D eigenvalue weighted by atomic mass is 10.0. The average Bonchev–Trinajstić information content (AvgIpc) is 2.62. The van der Waals surface area contributed by atoms with Gasteiger partial charge in [0.05, 0.1) is 5.56 Å². The van der Waals surface area contributed by atoms with Crippen LogP contribution >= 0.6 is 0 Å². The summed E-state index contributed by atoms with van der Waals surface area (Å²) in [6, 6.07) is 5.54. The van der Waals surface area contributed by atoms with Crippen molar-refractivity contribution in [2.45, 2.75) is 97.0 Å². The molecule has 3 heteroatoms. The summed E-state index contributed by atoms with van der Waals surface area (Å²) in [5, 5.41) is 0. The lowest BCUT2D eigenvalue weighted by molar-refractivity contribution is 0.0267. The zero-order valence-electron chi connectivity index (χ0n) is 16.1. The molecule has 0 heterocycles. The number of ether oxygens (including phenoxy) is 1. The molecule has 0 N–H and O–H groups in total. The van der Waals surface area contributed by atoms with Crippen LogP contribution in [0.2, 0.25) is 0 Å². The lowest BCUT2D eigenvalue weighted by Gasteiger charge is -2.16. The van der Waals surface area contributed by atoms with Crippen LogP contribution in [-0.2, 0) is 4.74 Å². The smallest absolute Gasteiger partial charge is 0.338 e. The summed E-state index contributed by atoms with van der Waals surface area (Å²) in [5.74, 6) is -0.687. The number of esters is 1. The van der Waals surface area contributed by atoms with Gasteiger partial charge in [0.15, 0.2) is 0 Å². The fraction of sp³-hybridized carbons (Fsp3) is 0.682. The van der Waals surface area contributed by atoms with E-state index in [9.17, 15) is 9.18 Å². The molecule has 1 unspecified atom stereocenters. The van der Waals surface area contributed by atoms with Gasteiger partial charge in [-0.3, -0.25) is 0 Å². The van der Waals surface area contributed by atoms with Crippen molar-refractivity contribution in [1.82, 2.24) is 0 Å². The van der Waals surface area contributed by atoms with Crippen LogP contribution in [0.1, 0.15) is 101 Å². The molecule has 0 amide bonds. The zero-order chi connectivity index (χ0) is 18.3. The summed E-state index contributed by atoms with van der Waals surface area (Å²) in [6.07, 6.45) is 14.8. The monoisotopic (exact) mass is 350 g/mol. The molecule has 0 aliphatic carbocycles. The molecule has 0 spiro atoms.